The molecule has 1 aromatic heterocycles. The molecular weight excluding hydrogens is 428 g/mol. The molecule has 0 fully saturated rings. The molecule has 32 heavy (non-hydrogen) atoms. The van der Waals surface area contributed by atoms with Gasteiger partial charge in [-0.1, -0.05) is 32.1 Å². The second-order valence-electron chi connectivity index (χ2n) is 7.30. The smallest absolute Gasteiger partial charge is 0.335 e. The van der Waals surface area contributed by atoms with Crippen molar-refractivity contribution in [1.82, 2.24) is 4.98 Å². The number of aliphatic hydroxyl groups is 1. The van der Waals surface area contributed by atoms with Crippen LogP contribution in [0.1, 0.15) is 56.7 Å². The highest BCUT2D eigenvalue weighted by Crippen LogP contribution is 2.22. The van der Waals surface area contributed by atoms with E-state index in [4.69, 9.17) is 9.84 Å². The Morgan fingerprint density at radius 3 is 2.62 bits per heavy atom. The summed E-state index contributed by atoms with van der Waals surface area (Å²) in [5, 5.41) is 24.0. The minimum Gasteiger partial charge on any atom is -0.491 e. The molecule has 0 spiro atoms. The van der Waals surface area contributed by atoms with E-state index >= 15 is 0 Å². The minimum atomic E-state index is -1.18. The molecule has 7 nitrogen and oxygen atoms in total. The van der Waals surface area contributed by atoms with Crippen molar-refractivity contribution < 1.29 is 24.5 Å². The van der Waals surface area contributed by atoms with Crippen LogP contribution in [0.25, 0.3) is 12.2 Å². The Bertz CT molecular complexity index is 1140. The average molecular weight is 453 g/mol. The van der Waals surface area contributed by atoms with Gasteiger partial charge in [0.2, 0.25) is 0 Å². The number of hydrogen-bond acceptors (Lipinski definition) is 6. The van der Waals surface area contributed by atoms with Crippen LogP contribution in [0.4, 0.5) is 5.69 Å². The van der Waals surface area contributed by atoms with E-state index in [1.54, 1.807) is 17.4 Å². The van der Waals surface area contributed by atoms with E-state index in [-0.39, 0.29) is 30.1 Å². The van der Waals surface area contributed by atoms with Crippen LogP contribution in [0.2, 0.25) is 0 Å². The molecule has 1 heterocycles. The van der Waals surface area contributed by atoms with Gasteiger partial charge in [0.25, 0.3) is 5.91 Å². The third kappa shape index (κ3) is 6.26. The van der Waals surface area contributed by atoms with Gasteiger partial charge in [0.1, 0.15) is 17.4 Å². The number of ether oxygens (including phenoxy) is 1. The normalized spacial score (nSPS) is 11.1. The van der Waals surface area contributed by atoms with Gasteiger partial charge in [-0.3, -0.25) is 4.79 Å². The summed E-state index contributed by atoms with van der Waals surface area (Å²) in [7, 11) is 0. The van der Waals surface area contributed by atoms with Gasteiger partial charge in [-0.2, -0.15) is 0 Å². The maximum absolute atomic E-state index is 12.7. The monoisotopic (exact) mass is 452 g/mol. The molecule has 0 saturated carbocycles. The molecular formula is C24H24N2O5S. The van der Waals surface area contributed by atoms with Crippen molar-refractivity contribution in [1.29, 1.82) is 0 Å². The molecule has 1 amide bonds. The third-order valence-electron chi connectivity index (χ3n) is 4.47. The van der Waals surface area contributed by atoms with E-state index in [2.05, 4.69) is 24.1 Å². The van der Waals surface area contributed by atoms with Crippen molar-refractivity contribution in [3.63, 3.8) is 0 Å². The van der Waals surface area contributed by atoms with Gasteiger partial charge >= 0.3 is 5.97 Å². The number of carbonyl (C=O) groups excluding carboxylic acids is 1. The van der Waals surface area contributed by atoms with Gasteiger partial charge in [0.15, 0.2) is 0 Å². The molecule has 0 radical (unpaired) electrons. The maximum Gasteiger partial charge on any atom is 0.335 e. The van der Waals surface area contributed by atoms with Gasteiger partial charge in [0.05, 0.1) is 17.9 Å². The number of carbonyl (C=O) groups is 2. The maximum atomic E-state index is 12.7. The Morgan fingerprint density at radius 2 is 1.94 bits per heavy atom. The largest absolute Gasteiger partial charge is 0.491 e. The van der Waals surface area contributed by atoms with Crippen LogP contribution in [0.15, 0.2) is 47.8 Å². The molecule has 3 aromatic rings. The van der Waals surface area contributed by atoms with Crippen LogP contribution < -0.4 is 10.1 Å². The molecule has 166 valence electrons. The van der Waals surface area contributed by atoms with Crippen molar-refractivity contribution in [2.75, 3.05) is 18.5 Å². The number of anilines is 1. The molecule has 0 unspecified atom stereocenters. The Balaban J connectivity index is 1.76. The molecule has 0 bridgehead atoms. The van der Waals surface area contributed by atoms with Crippen molar-refractivity contribution in [3.05, 3.63) is 75.2 Å². The van der Waals surface area contributed by atoms with Gasteiger partial charge in [-0.25, -0.2) is 9.78 Å². The van der Waals surface area contributed by atoms with E-state index < -0.39 is 11.9 Å². The Hall–Kier alpha value is -3.49. The number of nitrogens with one attached hydrogen (secondary N) is 1. The molecule has 0 atom stereocenters. The topological polar surface area (TPSA) is 109 Å². The number of amides is 1. The van der Waals surface area contributed by atoms with Crippen molar-refractivity contribution in [2.24, 2.45) is 0 Å². The summed E-state index contributed by atoms with van der Waals surface area (Å²) in [5.74, 6) is -1.07. The molecule has 3 rings (SSSR count). The second kappa shape index (κ2) is 10.7. The van der Waals surface area contributed by atoms with Crippen molar-refractivity contribution in [3.8, 4) is 5.75 Å². The number of aliphatic hydroxyl groups excluding tert-OH is 1. The number of carboxylic acid groups (broad SMARTS) is 1. The van der Waals surface area contributed by atoms with Gasteiger partial charge < -0.3 is 20.3 Å². The molecule has 3 N–H and O–H groups in total. The highest BCUT2D eigenvalue weighted by atomic mass is 32.1. The van der Waals surface area contributed by atoms with E-state index in [0.717, 1.165) is 16.3 Å². The number of rotatable bonds is 9. The highest BCUT2D eigenvalue weighted by molar-refractivity contribution is 7.10. The van der Waals surface area contributed by atoms with E-state index in [1.165, 1.54) is 18.2 Å². The molecule has 0 aliphatic carbocycles. The lowest BCUT2D eigenvalue weighted by Gasteiger charge is -2.10. The number of thiazole rings is 1. The van der Waals surface area contributed by atoms with Crippen LogP contribution in [0, 0.1) is 0 Å². The number of hydrogen-bond donors (Lipinski definition) is 3. The average Bonchev–Trinajstić information content (AvgIpc) is 3.26. The standard InChI is InChI=1S/C24H24N2O5S/c1-15(2)21-14-32-22(26-21)7-6-16-4-3-5-19(10-16)25-23(28)17-11-18(24(29)30)13-20(12-17)31-9-8-27/h3-7,10-15,27H,8-9H2,1-2H3,(H,25,28)(H,29,30). The first-order chi connectivity index (χ1) is 15.4. The fourth-order valence-electron chi connectivity index (χ4n) is 2.83. The quantitative estimate of drug-likeness (QED) is 0.432. The predicted molar refractivity (Wildman–Crippen MR) is 126 cm³/mol. The summed E-state index contributed by atoms with van der Waals surface area (Å²) in [4.78, 5) is 28.7. The number of nitrogens with zero attached hydrogens (tertiary/aromatic N) is 1. The first-order valence-corrected chi connectivity index (χ1v) is 10.9. The molecule has 2 aromatic carbocycles. The summed E-state index contributed by atoms with van der Waals surface area (Å²) in [6.07, 6.45) is 3.85. The zero-order chi connectivity index (χ0) is 23.1. The SMILES string of the molecule is CC(C)c1csc(C=Cc2cccc(NC(=O)c3cc(OCCO)cc(C(=O)O)c3)c2)n1. The van der Waals surface area contributed by atoms with Crippen molar-refractivity contribution in [2.45, 2.75) is 19.8 Å². The van der Waals surface area contributed by atoms with Crippen LogP contribution >= 0.6 is 11.3 Å². The second-order valence-corrected chi connectivity index (χ2v) is 8.19. The van der Waals surface area contributed by atoms with Gasteiger partial charge in [0, 0.05) is 16.6 Å². The summed E-state index contributed by atoms with van der Waals surface area (Å²) >= 11 is 1.58. The van der Waals surface area contributed by atoms with Crippen LogP contribution in [0.3, 0.4) is 0 Å². The summed E-state index contributed by atoms with van der Waals surface area (Å²) < 4.78 is 5.29. The van der Waals surface area contributed by atoms with E-state index in [1.807, 2.05) is 35.7 Å². The van der Waals surface area contributed by atoms with Crippen LogP contribution in [0.5, 0.6) is 5.75 Å². The fraction of sp³-hybridized carbons (Fsp3) is 0.208. The number of benzene rings is 2. The third-order valence-corrected chi connectivity index (χ3v) is 5.30. The molecule has 0 saturated heterocycles. The zero-order valence-corrected chi connectivity index (χ0v) is 18.6. The van der Waals surface area contributed by atoms with Crippen LogP contribution in [-0.2, 0) is 0 Å². The number of carboxylic acids is 1. The Labute approximate surface area is 190 Å². The molecule has 0 aliphatic rings. The van der Waals surface area contributed by atoms with E-state index in [9.17, 15) is 14.7 Å². The van der Waals surface area contributed by atoms with Crippen LogP contribution in [-0.4, -0.2) is 40.3 Å². The number of aromatic carboxylic acids is 1. The fourth-order valence-corrected chi connectivity index (χ4v) is 3.70. The molecule has 8 heteroatoms. The van der Waals surface area contributed by atoms with E-state index in [0.29, 0.717) is 11.6 Å². The predicted octanol–water partition coefficient (Wildman–Crippen LogP) is 4.76. The highest BCUT2D eigenvalue weighted by Gasteiger charge is 2.14. The zero-order valence-electron chi connectivity index (χ0n) is 17.7. The molecule has 0 aliphatic heterocycles. The Kier molecular flexibility index (Phi) is 7.75. The van der Waals surface area contributed by atoms with Gasteiger partial charge in [-0.05, 0) is 47.9 Å². The lowest BCUT2D eigenvalue weighted by atomic mass is 10.1. The minimum absolute atomic E-state index is 0.00370. The first kappa shape index (κ1) is 23.2. The Morgan fingerprint density at radius 1 is 1.16 bits per heavy atom. The lowest BCUT2D eigenvalue weighted by molar-refractivity contribution is 0.0696. The summed E-state index contributed by atoms with van der Waals surface area (Å²) in [5.41, 5.74) is 2.57. The van der Waals surface area contributed by atoms with Crippen molar-refractivity contribution >= 4 is 41.1 Å². The van der Waals surface area contributed by atoms with Gasteiger partial charge in [-0.15, -0.1) is 11.3 Å². The lowest BCUT2D eigenvalue weighted by Crippen LogP contribution is -2.14. The number of aromatic nitrogens is 1. The summed E-state index contributed by atoms with van der Waals surface area (Å²) in [6, 6.07) is 11.3. The first-order valence-electron chi connectivity index (χ1n) is 10.0. The summed E-state index contributed by atoms with van der Waals surface area (Å²) in [6.45, 7) is 3.97.